The number of benzene rings is 5. The molecule has 1 aliphatic rings. The Morgan fingerprint density at radius 2 is 1.24 bits per heavy atom. The average molecular weight is 707 g/mol. The van der Waals surface area contributed by atoms with Crippen molar-refractivity contribution in [1.29, 1.82) is 0 Å². The van der Waals surface area contributed by atoms with Crippen LogP contribution in [0.15, 0.2) is 139 Å². The van der Waals surface area contributed by atoms with Crippen LogP contribution in [0.1, 0.15) is 6.93 Å². The average Bonchev–Trinajstić information content (AvgIpc) is 3.91. The van der Waals surface area contributed by atoms with Crippen molar-refractivity contribution in [3.05, 3.63) is 143 Å². The van der Waals surface area contributed by atoms with Crippen molar-refractivity contribution >= 4 is 67.6 Å². The van der Waals surface area contributed by atoms with E-state index >= 15 is 0 Å². The number of rotatable bonds is 2. The van der Waals surface area contributed by atoms with Crippen molar-refractivity contribution in [2.45, 2.75) is 6.42 Å². The zero-order valence-electron chi connectivity index (χ0n) is 25.1. The third-order valence-corrected chi connectivity index (χ3v) is 7.90. The highest BCUT2D eigenvalue weighted by Crippen LogP contribution is 2.28. The van der Waals surface area contributed by atoms with Gasteiger partial charge in [0.1, 0.15) is 12.7 Å². The second-order valence-electron chi connectivity index (χ2n) is 9.94. The van der Waals surface area contributed by atoms with Crippen LogP contribution in [0, 0.1) is 3.57 Å². The van der Waals surface area contributed by atoms with Gasteiger partial charge in [-0.1, -0.05) is 54.6 Å². The molecule has 222 valence electrons. The molecule has 9 rings (SSSR count). The lowest BCUT2D eigenvalue weighted by Crippen LogP contribution is -1.92. The monoisotopic (exact) mass is 706 g/mol. The van der Waals surface area contributed by atoms with Gasteiger partial charge >= 0.3 is 0 Å². The lowest BCUT2D eigenvalue weighted by molar-refractivity contribution is 0.636. The molecule has 1 aliphatic heterocycles. The van der Waals surface area contributed by atoms with Gasteiger partial charge in [-0.25, -0.2) is 15.0 Å². The minimum atomic E-state index is -1.00. The summed E-state index contributed by atoms with van der Waals surface area (Å²) in [5, 5.41) is 0. The molecule has 0 atom stereocenters. The molecule has 8 aromatic rings. The summed E-state index contributed by atoms with van der Waals surface area (Å²) >= 11 is 2.28. The molecule has 0 saturated carbocycles. The number of H-pyrrole nitrogens is 1. The number of aliphatic imine (C=N–C) groups is 1. The number of hydrogen-bond donors (Lipinski definition) is 1. The first kappa shape index (κ1) is 28.6. The van der Waals surface area contributed by atoms with Gasteiger partial charge in [-0.2, -0.15) is 0 Å². The van der Waals surface area contributed by atoms with E-state index in [4.69, 9.17) is 1.37 Å². The SMILES string of the molecule is C1=Nc2cc3nc[nH]c3cc2C1.Ic1ccccc1.[2H]CF.c1ccc(-n2cnc3cc4c(cc32)ncn4-c2ccccc2)cc1. The normalized spacial score (nSPS) is 11.6. The molecule has 0 spiro atoms. The molecule has 0 aliphatic carbocycles. The molecule has 0 fully saturated rings. The van der Waals surface area contributed by atoms with Gasteiger partial charge in [0.2, 0.25) is 0 Å². The molecule has 0 amide bonds. The molecule has 45 heavy (non-hydrogen) atoms. The van der Waals surface area contributed by atoms with Gasteiger partial charge in [-0.3, -0.25) is 18.5 Å². The number of aromatic nitrogens is 6. The highest BCUT2D eigenvalue weighted by atomic mass is 127. The van der Waals surface area contributed by atoms with Crippen molar-refractivity contribution in [2.24, 2.45) is 4.99 Å². The Bertz CT molecular complexity index is 2100. The summed E-state index contributed by atoms with van der Waals surface area (Å²) in [5.74, 6) is 0. The van der Waals surface area contributed by atoms with Crippen LogP contribution in [0.3, 0.4) is 0 Å². The van der Waals surface area contributed by atoms with Gasteiger partial charge in [-0.15, -0.1) is 0 Å². The standard InChI is InChI=1S/C20H14N4.C9H7N3.C6H5I.CH3F/c1-3-7-15(8-4-1)23-13-21-17-12-20-18(11-19(17)23)22-14-24(20)16-9-5-2-6-10-16;1-2-10-7-4-9-8(3-6(1)7)11-5-12-9;7-6-4-2-1-3-5-6;1-2/h1-14H;2-5H,1H2,(H,11,12);1-5H;1H3/i;;;1D. The fourth-order valence-corrected chi connectivity index (χ4v) is 5.47. The highest BCUT2D eigenvalue weighted by molar-refractivity contribution is 14.1. The van der Waals surface area contributed by atoms with Gasteiger partial charge in [-0.05, 0) is 88.8 Å². The predicted octanol–water partition coefficient (Wildman–Crippen LogP) is 9.06. The summed E-state index contributed by atoms with van der Waals surface area (Å²) in [4.78, 5) is 20.7. The number of nitrogens with zero attached hydrogens (tertiary/aromatic N) is 6. The fraction of sp³-hybridized carbons (Fsp3) is 0.0556. The Hall–Kier alpha value is -5.16. The second kappa shape index (κ2) is 14.1. The summed E-state index contributed by atoms with van der Waals surface area (Å²) in [6.07, 6.45) is 8.33. The molecule has 3 aromatic heterocycles. The van der Waals surface area contributed by atoms with E-state index in [2.05, 4.69) is 111 Å². The van der Waals surface area contributed by atoms with Crippen molar-refractivity contribution in [3.8, 4) is 11.4 Å². The van der Waals surface area contributed by atoms with Crippen LogP contribution < -0.4 is 0 Å². The number of para-hydroxylation sites is 2. The van der Waals surface area contributed by atoms with E-state index < -0.39 is 7.15 Å². The Kier molecular flexibility index (Phi) is 8.95. The third-order valence-electron chi connectivity index (χ3n) is 7.18. The smallest absolute Gasteiger partial charge is 0.100 e. The van der Waals surface area contributed by atoms with Crippen LogP contribution in [0.2, 0.25) is 0 Å². The molecule has 0 radical (unpaired) electrons. The first-order chi connectivity index (χ1) is 22.6. The van der Waals surface area contributed by atoms with Crippen molar-refractivity contribution in [1.82, 2.24) is 29.1 Å². The maximum atomic E-state index is 9.96. The number of aromatic amines is 1. The Morgan fingerprint density at radius 1 is 0.711 bits per heavy atom. The van der Waals surface area contributed by atoms with Crippen LogP contribution in [0.25, 0.3) is 44.5 Å². The molecule has 9 heteroatoms. The first-order valence-corrected chi connectivity index (χ1v) is 15.2. The van der Waals surface area contributed by atoms with Gasteiger partial charge in [0, 0.05) is 27.6 Å². The topological polar surface area (TPSA) is 76.7 Å². The molecule has 7 nitrogen and oxygen atoms in total. The Balaban J connectivity index is 0.000000139. The largest absolute Gasteiger partial charge is 0.345 e. The van der Waals surface area contributed by atoms with E-state index in [9.17, 15) is 4.39 Å². The van der Waals surface area contributed by atoms with E-state index in [1.54, 1.807) is 6.33 Å². The summed E-state index contributed by atoms with van der Waals surface area (Å²) < 4.78 is 21.0. The number of halogens is 2. The van der Waals surface area contributed by atoms with Crippen molar-refractivity contribution in [3.63, 3.8) is 0 Å². The summed E-state index contributed by atoms with van der Waals surface area (Å²) in [7, 11) is -1.00. The summed E-state index contributed by atoms with van der Waals surface area (Å²) in [6, 6.07) is 39.0. The van der Waals surface area contributed by atoms with Crippen LogP contribution in [0.5, 0.6) is 0 Å². The van der Waals surface area contributed by atoms with E-state index in [0.29, 0.717) is 0 Å². The lowest BCUT2D eigenvalue weighted by Gasteiger charge is -2.05. The fourth-order valence-electron chi connectivity index (χ4n) is 5.06. The third kappa shape index (κ3) is 6.68. The van der Waals surface area contributed by atoms with Gasteiger partial charge in [0.05, 0.1) is 53.6 Å². The lowest BCUT2D eigenvalue weighted by atomic mass is 10.1. The molecular formula is C36H29FIN7. The molecular weight excluding hydrogens is 676 g/mol. The van der Waals surface area contributed by atoms with E-state index in [1.807, 2.05) is 79.5 Å². The van der Waals surface area contributed by atoms with Crippen LogP contribution in [-0.2, 0) is 6.42 Å². The zero-order chi connectivity index (χ0) is 31.7. The number of fused-ring (bicyclic) bond motifs is 4. The predicted molar refractivity (Wildman–Crippen MR) is 190 cm³/mol. The number of alkyl halides is 1. The van der Waals surface area contributed by atoms with E-state index in [-0.39, 0.29) is 0 Å². The van der Waals surface area contributed by atoms with Gasteiger partial charge in [0.15, 0.2) is 0 Å². The van der Waals surface area contributed by atoms with Gasteiger partial charge in [0.25, 0.3) is 0 Å². The van der Waals surface area contributed by atoms with Gasteiger partial charge < -0.3 is 4.98 Å². The van der Waals surface area contributed by atoms with Crippen LogP contribution in [0.4, 0.5) is 10.1 Å². The van der Waals surface area contributed by atoms with E-state index in [1.165, 1.54) is 9.13 Å². The molecule has 5 aromatic carbocycles. The molecule has 4 heterocycles. The van der Waals surface area contributed by atoms with Crippen molar-refractivity contribution < 1.29 is 5.76 Å². The molecule has 0 saturated heterocycles. The Morgan fingerprint density at radius 3 is 1.76 bits per heavy atom. The first-order valence-electron chi connectivity index (χ1n) is 14.8. The Labute approximate surface area is 274 Å². The maximum absolute atomic E-state index is 9.96. The van der Waals surface area contributed by atoms with E-state index in [0.717, 1.165) is 56.6 Å². The number of imidazole rings is 3. The number of nitrogens with one attached hydrogen (secondary N) is 1. The second-order valence-corrected chi connectivity index (χ2v) is 11.2. The molecule has 0 unspecified atom stereocenters. The minimum absolute atomic E-state index is 0.949. The molecule has 0 bridgehead atoms. The summed E-state index contributed by atoms with van der Waals surface area (Å²) in [6.45, 7) is 0. The van der Waals surface area contributed by atoms with Crippen LogP contribution in [-0.4, -0.2) is 42.4 Å². The zero-order valence-corrected chi connectivity index (χ0v) is 26.3. The maximum Gasteiger partial charge on any atom is 0.100 e. The van der Waals surface area contributed by atoms with Crippen molar-refractivity contribution in [2.75, 3.05) is 7.15 Å². The molecule has 1 N–H and O–H groups in total. The quantitative estimate of drug-likeness (QED) is 0.182. The minimum Gasteiger partial charge on any atom is -0.345 e. The summed E-state index contributed by atoms with van der Waals surface area (Å²) in [5.41, 5.74) is 10.7. The number of hydrogen-bond acceptors (Lipinski definition) is 4. The highest BCUT2D eigenvalue weighted by Gasteiger charge is 2.11. The van der Waals surface area contributed by atoms with Crippen LogP contribution >= 0.6 is 22.6 Å².